The predicted octanol–water partition coefficient (Wildman–Crippen LogP) is 5.84. The number of ketones is 1. The van der Waals surface area contributed by atoms with Gasteiger partial charge in [0.15, 0.2) is 5.78 Å². The second kappa shape index (κ2) is 10.5. The van der Waals surface area contributed by atoms with Crippen LogP contribution in [0, 0.1) is 0 Å². The molecule has 0 bridgehead atoms. The zero-order valence-electron chi connectivity index (χ0n) is 20.6. The van der Waals surface area contributed by atoms with Crippen LogP contribution in [0.3, 0.4) is 0 Å². The monoisotopic (exact) mass is 484 g/mol. The van der Waals surface area contributed by atoms with Gasteiger partial charge in [-0.3, -0.25) is 9.69 Å². The second-order valence-electron chi connectivity index (χ2n) is 9.32. The molecule has 0 aliphatic carbocycles. The minimum Gasteiger partial charge on any atom is -0.508 e. The van der Waals surface area contributed by atoms with Crippen LogP contribution < -0.4 is 4.74 Å². The molecule has 1 saturated heterocycles. The number of aromatic hydroxyl groups is 2. The first-order valence-corrected chi connectivity index (χ1v) is 12.7. The van der Waals surface area contributed by atoms with E-state index in [2.05, 4.69) is 4.90 Å². The number of aryl methyl sites for hydroxylation is 1. The number of carbonyl (C=O) groups is 1. The van der Waals surface area contributed by atoms with Crippen molar-refractivity contribution in [2.45, 2.75) is 32.7 Å². The van der Waals surface area contributed by atoms with Crippen LogP contribution in [0.1, 0.15) is 42.1 Å². The van der Waals surface area contributed by atoms with Gasteiger partial charge in [0.25, 0.3) is 0 Å². The van der Waals surface area contributed by atoms with E-state index in [1.54, 1.807) is 30.3 Å². The highest BCUT2D eigenvalue weighted by Gasteiger charge is 2.24. The number of likely N-dealkylation sites (tertiary alicyclic amines) is 1. The third-order valence-corrected chi connectivity index (χ3v) is 6.97. The summed E-state index contributed by atoms with van der Waals surface area (Å²) in [7, 11) is 0. The summed E-state index contributed by atoms with van der Waals surface area (Å²) in [6.45, 7) is 6.46. The van der Waals surface area contributed by atoms with E-state index in [1.807, 2.05) is 47.9 Å². The topological polar surface area (TPSA) is 74.9 Å². The Balaban J connectivity index is 1.45. The summed E-state index contributed by atoms with van der Waals surface area (Å²) in [4.78, 5) is 16.3. The van der Waals surface area contributed by atoms with Gasteiger partial charge in [0.2, 0.25) is 0 Å². The minimum absolute atomic E-state index is 0.0965. The number of hydrogen-bond donors (Lipinski definition) is 2. The largest absolute Gasteiger partial charge is 0.508 e. The van der Waals surface area contributed by atoms with Crippen LogP contribution in [0.15, 0.2) is 66.7 Å². The van der Waals surface area contributed by atoms with Crippen LogP contribution in [0.25, 0.3) is 22.2 Å². The average molecular weight is 485 g/mol. The van der Waals surface area contributed by atoms with Gasteiger partial charge < -0.3 is 19.5 Å². The third kappa shape index (κ3) is 4.82. The van der Waals surface area contributed by atoms with Gasteiger partial charge in [-0.05, 0) is 99.1 Å². The molecule has 1 aromatic heterocycles. The molecular formula is C30H32N2O4. The number of phenolic OH excluding ortho intramolecular Hbond substituents is 2. The number of carbonyl (C=O) groups excluding carboxylic acids is 1. The summed E-state index contributed by atoms with van der Waals surface area (Å²) in [6.07, 6.45) is 3.84. The van der Waals surface area contributed by atoms with E-state index in [-0.39, 0.29) is 17.3 Å². The average Bonchev–Trinajstić information content (AvgIpc) is 3.23. The number of fused-ring (bicyclic) bond motifs is 1. The lowest BCUT2D eigenvalue weighted by molar-refractivity contribution is 0.104. The predicted molar refractivity (Wildman–Crippen MR) is 142 cm³/mol. The highest BCUT2D eigenvalue weighted by molar-refractivity contribution is 6.20. The van der Waals surface area contributed by atoms with E-state index in [4.69, 9.17) is 4.74 Å². The van der Waals surface area contributed by atoms with E-state index < -0.39 is 0 Å². The van der Waals surface area contributed by atoms with Crippen molar-refractivity contribution in [3.8, 4) is 28.5 Å². The highest BCUT2D eigenvalue weighted by atomic mass is 16.5. The summed E-state index contributed by atoms with van der Waals surface area (Å²) in [5, 5.41) is 20.7. The first-order chi connectivity index (χ1) is 17.5. The van der Waals surface area contributed by atoms with Crippen LogP contribution in [-0.2, 0) is 6.54 Å². The van der Waals surface area contributed by atoms with Gasteiger partial charge in [0.1, 0.15) is 23.9 Å². The maximum Gasteiger partial charge on any atom is 0.195 e. The van der Waals surface area contributed by atoms with Crippen molar-refractivity contribution < 1.29 is 19.7 Å². The Labute approximate surface area is 211 Å². The SMILES string of the molecule is CCn1c(-c2ccc(O)cc2)c(C(=O)c2ccc(OCCN3CCCCC3)cc2)c2ccc(O)cc21. The van der Waals surface area contributed by atoms with E-state index in [9.17, 15) is 15.0 Å². The fraction of sp³-hybridized carbons (Fsp3) is 0.300. The summed E-state index contributed by atoms with van der Waals surface area (Å²) < 4.78 is 7.98. The smallest absolute Gasteiger partial charge is 0.195 e. The van der Waals surface area contributed by atoms with E-state index in [0.717, 1.165) is 47.5 Å². The zero-order chi connectivity index (χ0) is 25.1. The van der Waals surface area contributed by atoms with Crippen LogP contribution in [0.2, 0.25) is 0 Å². The van der Waals surface area contributed by atoms with Gasteiger partial charge in [-0.2, -0.15) is 0 Å². The first-order valence-electron chi connectivity index (χ1n) is 12.7. The van der Waals surface area contributed by atoms with Gasteiger partial charge in [0.05, 0.1) is 16.8 Å². The Kier molecular flexibility index (Phi) is 6.96. The molecule has 2 N–H and O–H groups in total. The van der Waals surface area contributed by atoms with Gasteiger partial charge in [-0.25, -0.2) is 0 Å². The highest BCUT2D eigenvalue weighted by Crippen LogP contribution is 2.37. The van der Waals surface area contributed by atoms with Crippen LogP contribution in [-0.4, -0.2) is 51.7 Å². The van der Waals surface area contributed by atoms with Crippen molar-refractivity contribution in [3.05, 3.63) is 77.9 Å². The lowest BCUT2D eigenvalue weighted by atomic mass is 9.97. The maximum atomic E-state index is 13.9. The molecule has 6 nitrogen and oxygen atoms in total. The molecule has 6 heteroatoms. The third-order valence-electron chi connectivity index (χ3n) is 6.97. The molecule has 1 fully saturated rings. The number of aromatic nitrogens is 1. The summed E-state index contributed by atoms with van der Waals surface area (Å²) in [5.74, 6) is 0.973. The molecule has 0 atom stereocenters. The molecule has 5 rings (SSSR count). The molecule has 0 saturated carbocycles. The van der Waals surface area contributed by atoms with Gasteiger partial charge in [-0.15, -0.1) is 0 Å². The van der Waals surface area contributed by atoms with Crippen LogP contribution >= 0.6 is 0 Å². The molecule has 1 aliphatic heterocycles. The number of rotatable bonds is 8. The number of ether oxygens (including phenoxy) is 1. The van der Waals surface area contributed by atoms with E-state index >= 15 is 0 Å². The molecule has 0 unspecified atom stereocenters. The lowest BCUT2D eigenvalue weighted by Crippen LogP contribution is -2.33. The number of piperidine rings is 1. The number of phenols is 2. The van der Waals surface area contributed by atoms with Crippen molar-refractivity contribution in [2.24, 2.45) is 0 Å². The normalized spacial score (nSPS) is 14.2. The van der Waals surface area contributed by atoms with Gasteiger partial charge in [-0.1, -0.05) is 6.42 Å². The van der Waals surface area contributed by atoms with E-state index in [1.165, 1.54) is 19.3 Å². The number of nitrogens with zero attached hydrogens (tertiary/aromatic N) is 2. The quantitative estimate of drug-likeness (QED) is 0.308. The first kappa shape index (κ1) is 23.9. The summed E-state index contributed by atoms with van der Waals surface area (Å²) in [6, 6.07) is 19.3. The zero-order valence-corrected chi connectivity index (χ0v) is 20.6. The molecule has 4 aromatic rings. The van der Waals surface area contributed by atoms with Crippen LogP contribution in [0.4, 0.5) is 0 Å². The molecule has 0 spiro atoms. The van der Waals surface area contributed by atoms with Crippen molar-refractivity contribution >= 4 is 16.7 Å². The molecule has 36 heavy (non-hydrogen) atoms. The van der Waals surface area contributed by atoms with Crippen molar-refractivity contribution in [2.75, 3.05) is 26.2 Å². The molecule has 1 aliphatic rings. The van der Waals surface area contributed by atoms with Crippen molar-refractivity contribution in [1.29, 1.82) is 0 Å². The van der Waals surface area contributed by atoms with Gasteiger partial charge in [0, 0.05) is 30.1 Å². The van der Waals surface area contributed by atoms with Crippen LogP contribution in [0.5, 0.6) is 17.2 Å². The Morgan fingerprint density at radius 3 is 2.28 bits per heavy atom. The Morgan fingerprint density at radius 1 is 0.889 bits per heavy atom. The Hall–Kier alpha value is -3.77. The van der Waals surface area contributed by atoms with Crippen molar-refractivity contribution in [3.63, 3.8) is 0 Å². The lowest BCUT2D eigenvalue weighted by Gasteiger charge is -2.26. The second-order valence-corrected chi connectivity index (χ2v) is 9.32. The fourth-order valence-corrected chi connectivity index (χ4v) is 5.14. The molecule has 2 heterocycles. The molecule has 0 radical (unpaired) electrons. The molecule has 186 valence electrons. The molecular weight excluding hydrogens is 452 g/mol. The minimum atomic E-state index is -0.0965. The number of benzene rings is 3. The van der Waals surface area contributed by atoms with Crippen molar-refractivity contribution in [1.82, 2.24) is 9.47 Å². The standard InChI is InChI=1S/C30H32N2O4/c1-2-32-27-20-24(34)12-15-26(27)28(29(32)21-6-10-23(33)11-7-21)30(35)22-8-13-25(14-9-22)36-19-18-31-16-4-3-5-17-31/h6-15,20,33-34H,2-5,16-19H2,1H3. The molecule has 3 aromatic carbocycles. The number of hydrogen-bond acceptors (Lipinski definition) is 5. The summed E-state index contributed by atoms with van der Waals surface area (Å²) in [5.41, 5.74) is 3.54. The summed E-state index contributed by atoms with van der Waals surface area (Å²) >= 11 is 0. The molecule has 0 amide bonds. The maximum absolute atomic E-state index is 13.9. The van der Waals surface area contributed by atoms with E-state index in [0.29, 0.717) is 24.3 Å². The fourth-order valence-electron chi connectivity index (χ4n) is 5.14. The van der Waals surface area contributed by atoms with Gasteiger partial charge >= 0.3 is 0 Å². The Morgan fingerprint density at radius 2 is 1.58 bits per heavy atom. The Bertz CT molecular complexity index is 1350.